The summed E-state index contributed by atoms with van der Waals surface area (Å²) in [6.45, 7) is 0.620. The number of methoxy groups -OCH3 is 1. The molecule has 1 saturated heterocycles. The molecule has 138 valence electrons. The fourth-order valence-electron chi connectivity index (χ4n) is 3.28. The minimum atomic E-state index is -0.326. The first-order valence-corrected chi connectivity index (χ1v) is 8.70. The van der Waals surface area contributed by atoms with Gasteiger partial charge in [0.15, 0.2) is 0 Å². The molecule has 1 unspecified atom stereocenters. The lowest BCUT2D eigenvalue weighted by Gasteiger charge is -2.22. The van der Waals surface area contributed by atoms with Gasteiger partial charge in [-0.2, -0.15) is 4.98 Å². The van der Waals surface area contributed by atoms with E-state index in [9.17, 15) is 9.18 Å². The van der Waals surface area contributed by atoms with Crippen LogP contribution in [0.4, 0.5) is 4.39 Å². The largest absolute Gasteiger partial charge is 0.497 e. The molecule has 2 heterocycles. The summed E-state index contributed by atoms with van der Waals surface area (Å²) in [6.07, 6.45) is 1.61. The highest BCUT2D eigenvalue weighted by atomic mass is 19.1. The Kier molecular flexibility index (Phi) is 4.58. The highest BCUT2D eigenvalue weighted by Crippen LogP contribution is 2.33. The molecule has 0 N–H and O–H groups in total. The first kappa shape index (κ1) is 17.2. The Morgan fingerprint density at radius 3 is 2.85 bits per heavy atom. The molecule has 4 rings (SSSR count). The summed E-state index contributed by atoms with van der Waals surface area (Å²) >= 11 is 0. The zero-order chi connectivity index (χ0) is 18.8. The van der Waals surface area contributed by atoms with E-state index in [0.717, 1.165) is 12.8 Å². The molecular weight excluding hydrogens is 349 g/mol. The van der Waals surface area contributed by atoms with E-state index in [1.165, 1.54) is 12.1 Å². The molecule has 0 bridgehead atoms. The van der Waals surface area contributed by atoms with Crippen LogP contribution >= 0.6 is 0 Å². The van der Waals surface area contributed by atoms with Gasteiger partial charge in [0.2, 0.25) is 11.7 Å². The molecule has 1 aromatic heterocycles. The lowest BCUT2D eigenvalue weighted by molar-refractivity contribution is 0.0709. The van der Waals surface area contributed by atoms with Crippen LogP contribution in [0.3, 0.4) is 0 Å². The minimum absolute atomic E-state index is 0.0991. The Bertz CT molecular complexity index is 955. The highest BCUT2D eigenvalue weighted by Gasteiger charge is 2.34. The Morgan fingerprint density at radius 1 is 1.26 bits per heavy atom. The van der Waals surface area contributed by atoms with E-state index < -0.39 is 0 Å². The molecule has 6 nitrogen and oxygen atoms in total. The summed E-state index contributed by atoms with van der Waals surface area (Å²) in [5.74, 6) is 0.980. The van der Waals surface area contributed by atoms with E-state index in [4.69, 9.17) is 9.26 Å². The molecular formula is C20H18FN3O3. The number of halogens is 1. The molecule has 1 fully saturated rings. The van der Waals surface area contributed by atoms with Crippen LogP contribution in [-0.4, -0.2) is 34.6 Å². The Hall–Kier alpha value is -3.22. The monoisotopic (exact) mass is 367 g/mol. The molecule has 1 aliphatic heterocycles. The minimum Gasteiger partial charge on any atom is -0.497 e. The maximum Gasteiger partial charge on any atom is 0.254 e. The lowest BCUT2D eigenvalue weighted by atomic mass is 10.1. The van der Waals surface area contributed by atoms with E-state index in [-0.39, 0.29) is 17.8 Å². The van der Waals surface area contributed by atoms with Crippen molar-refractivity contribution in [3.8, 4) is 17.1 Å². The Balaban J connectivity index is 1.58. The number of likely N-dealkylation sites (tertiary alicyclic amines) is 1. The summed E-state index contributed by atoms with van der Waals surface area (Å²) in [5, 5.41) is 3.99. The maximum atomic E-state index is 13.1. The number of nitrogens with zero attached hydrogens (tertiary/aromatic N) is 3. The molecule has 0 spiro atoms. The Morgan fingerprint density at radius 2 is 2.07 bits per heavy atom. The number of hydrogen-bond acceptors (Lipinski definition) is 5. The van der Waals surface area contributed by atoms with Gasteiger partial charge in [0.25, 0.3) is 5.91 Å². The van der Waals surface area contributed by atoms with Crippen molar-refractivity contribution in [1.82, 2.24) is 15.0 Å². The normalized spacial score (nSPS) is 16.5. The van der Waals surface area contributed by atoms with Crippen LogP contribution in [0.1, 0.15) is 35.1 Å². The Labute approximate surface area is 155 Å². The smallest absolute Gasteiger partial charge is 0.254 e. The zero-order valence-electron chi connectivity index (χ0n) is 14.8. The van der Waals surface area contributed by atoms with Crippen molar-refractivity contribution in [2.24, 2.45) is 0 Å². The number of rotatable bonds is 4. The third kappa shape index (κ3) is 3.40. The molecule has 1 aliphatic rings. The van der Waals surface area contributed by atoms with Crippen molar-refractivity contribution < 1.29 is 18.4 Å². The van der Waals surface area contributed by atoms with E-state index in [1.807, 2.05) is 0 Å². The van der Waals surface area contributed by atoms with Gasteiger partial charge in [-0.25, -0.2) is 4.39 Å². The summed E-state index contributed by atoms with van der Waals surface area (Å²) in [4.78, 5) is 19.1. The van der Waals surface area contributed by atoms with Crippen LogP contribution in [0.25, 0.3) is 11.4 Å². The SMILES string of the molecule is COc1cccc(C(=O)N2CCCC2c2nc(-c3ccc(F)cc3)no2)c1. The number of carbonyl (C=O) groups is 1. The quantitative estimate of drug-likeness (QED) is 0.700. The van der Waals surface area contributed by atoms with Crippen LogP contribution in [-0.2, 0) is 0 Å². The molecule has 0 aliphatic carbocycles. The first-order chi connectivity index (χ1) is 13.2. The fraction of sp³-hybridized carbons (Fsp3) is 0.250. The molecule has 27 heavy (non-hydrogen) atoms. The predicted octanol–water partition coefficient (Wildman–Crippen LogP) is 3.86. The van der Waals surface area contributed by atoms with Gasteiger partial charge in [-0.05, 0) is 55.3 Å². The average Bonchev–Trinajstić information content (AvgIpc) is 3.37. The third-order valence-electron chi connectivity index (χ3n) is 4.66. The number of benzene rings is 2. The van der Waals surface area contributed by atoms with Crippen LogP contribution in [0.2, 0.25) is 0 Å². The van der Waals surface area contributed by atoms with E-state index in [0.29, 0.717) is 35.1 Å². The molecule has 2 aromatic carbocycles. The molecule has 7 heteroatoms. The van der Waals surface area contributed by atoms with Gasteiger partial charge in [-0.15, -0.1) is 0 Å². The maximum absolute atomic E-state index is 13.1. The van der Waals surface area contributed by atoms with Crippen molar-refractivity contribution in [3.05, 3.63) is 65.8 Å². The van der Waals surface area contributed by atoms with Crippen LogP contribution in [0, 0.1) is 5.82 Å². The molecule has 1 atom stereocenters. The van der Waals surface area contributed by atoms with Gasteiger partial charge in [-0.3, -0.25) is 4.79 Å². The summed E-state index contributed by atoms with van der Waals surface area (Å²) in [6, 6.07) is 12.7. The first-order valence-electron chi connectivity index (χ1n) is 8.70. The summed E-state index contributed by atoms with van der Waals surface area (Å²) in [7, 11) is 1.57. The number of amides is 1. The number of aromatic nitrogens is 2. The molecule has 0 radical (unpaired) electrons. The number of hydrogen-bond donors (Lipinski definition) is 0. The van der Waals surface area contributed by atoms with Gasteiger partial charge < -0.3 is 14.2 Å². The van der Waals surface area contributed by atoms with Gasteiger partial charge in [-0.1, -0.05) is 11.2 Å². The second-order valence-corrected chi connectivity index (χ2v) is 6.35. The standard InChI is InChI=1S/C20H18FN3O3/c1-26-16-5-2-4-14(12-16)20(25)24-11-3-6-17(24)19-22-18(23-27-19)13-7-9-15(21)10-8-13/h2,4-5,7-10,12,17H,3,6,11H2,1H3. The van der Waals surface area contributed by atoms with Gasteiger partial charge in [0.05, 0.1) is 7.11 Å². The van der Waals surface area contributed by atoms with Crippen LogP contribution in [0.5, 0.6) is 5.75 Å². The highest BCUT2D eigenvalue weighted by molar-refractivity contribution is 5.95. The third-order valence-corrected chi connectivity index (χ3v) is 4.66. The topological polar surface area (TPSA) is 68.5 Å². The van der Waals surface area contributed by atoms with E-state index in [1.54, 1.807) is 48.4 Å². The number of ether oxygens (including phenoxy) is 1. The van der Waals surface area contributed by atoms with E-state index >= 15 is 0 Å². The van der Waals surface area contributed by atoms with Crippen LogP contribution in [0.15, 0.2) is 53.1 Å². The van der Waals surface area contributed by atoms with E-state index in [2.05, 4.69) is 10.1 Å². The second-order valence-electron chi connectivity index (χ2n) is 6.35. The number of carbonyl (C=O) groups excluding carboxylic acids is 1. The van der Waals surface area contributed by atoms with Gasteiger partial charge in [0, 0.05) is 17.7 Å². The molecule has 0 saturated carbocycles. The summed E-state index contributed by atoms with van der Waals surface area (Å²) < 4.78 is 23.7. The second kappa shape index (κ2) is 7.19. The van der Waals surface area contributed by atoms with Gasteiger partial charge in [0.1, 0.15) is 17.6 Å². The molecule has 1 amide bonds. The van der Waals surface area contributed by atoms with Crippen molar-refractivity contribution in [2.45, 2.75) is 18.9 Å². The van der Waals surface area contributed by atoms with Crippen molar-refractivity contribution in [1.29, 1.82) is 0 Å². The van der Waals surface area contributed by atoms with Crippen molar-refractivity contribution in [2.75, 3.05) is 13.7 Å². The van der Waals surface area contributed by atoms with Crippen molar-refractivity contribution in [3.63, 3.8) is 0 Å². The zero-order valence-corrected chi connectivity index (χ0v) is 14.8. The fourth-order valence-corrected chi connectivity index (χ4v) is 3.28. The van der Waals surface area contributed by atoms with Crippen LogP contribution < -0.4 is 4.74 Å². The predicted molar refractivity (Wildman–Crippen MR) is 95.7 cm³/mol. The average molecular weight is 367 g/mol. The lowest BCUT2D eigenvalue weighted by Crippen LogP contribution is -2.30. The molecule has 3 aromatic rings. The summed E-state index contributed by atoms with van der Waals surface area (Å²) in [5.41, 5.74) is 1.22. The van der Waals surface area contributed by atoms with Gasteiger partial charge >= 0.3 is 0 Å². The van der Waals surface area contributed by atoms with Crippen molar-refractivity contribution >= 4 is 5.91 Å².